The summed E-state index contributed by atoms with van der Waals surface area (Å²) in [5, 5.41) is 4.93. The Labute approximate surface area is 310 Å². The second-order valence-corrected chi connectivity index (χ2v) is 13.0. The van der Waals surface area contributed by atoms with E-state index in [1.807, 2.05) is 0 Å². The fourth-order valence-corrected chi connectivity index (χ4v) is 7.37. The van der Waals surface area contributed by atoms with Crippen LogP contribution in [0.1, 0.15) is 0 Å². The molecule has 0 amide bonds. The molecule has 9 aromatic rings. The van der Waals surface area contributed by atoms with Crippen molar-refractivity contribution in [2.24, 2.45) is 0 Å². The molecule has 3 nitrogen and oxygen atoms in total. The van der Waals surface area contributed by atoms with E-state index in [1.54, 1.807) is 0 Å². The summed E-state index contributed by atoms with van der Waals surface area (Å²) in [5.74, 6) is 0. The van der Waals surface area contributed by atoms with Gasteiger partial charge in [-0.25, -0.2) is 0 Å². The lowest BCUT2D eigenvalue weighted by Crippen LogP contribution is -2.14. The number of hydrogen-bond acceptors (Lipinski definition) is 3. The highest BCUT2D eigenvalue weighted by Gasteiger charge is 2.20. The van der Waals surface area contributed by atoms with Crippen molar-refractivity contribution in [3.05, 3.63) is 224 Å². The van der Waals surface area contributed by atoms with Crippen molar-refractivity contribution in [2.75, 3.05) is 14.7 Å². The average molecular weight is 680 g/mol. The van der Waals surface area contributed by atoms with Gasteiger partial charge >= 0.3 is 0 Å². The molecule has 0 spiro atoms. The van der Waals surface area contributed by atoms with Crippen LogP contribution in [-0.4, -0.2) is 0 Å². The normalized spacial score (nSPS) is 11.0. The van der Waals surface area contributed by atoms with Crippen LogP contribution in [0.2, 0.25) is 0 Å². The maximum Gasteiger partial charge on any atom is 0.0546 e. The van der Waals surface area contributed by atoms with Gasteiger partial charge in [0.2, 0.25) is 0 Å². The van der Waals surface area contributed by atoms with Crippen molar-refractivity contribution in [2.45, 2.75) is 0 Å². The van der Waals surface area contributed by atoms with E-state index >= 15 is 0 Å². The van der Waals surface area contributed by atoms with E-state index < -0.39 is 0 Å². The van der Waals surface area contributed by atoms with Gasteiger partial charge in [-0.05, 0) is 113 Å². The molecule has 0 aliphatic heterocycles. The van der Waals surface area contributed by atoms with Crippen LogP contribution in [0.15, 0.2) is 224 Å². The lowest BCUT2D eigenvalue weighted by molar-refractivity contribution is 1.24. The highest BCUT2D eigenvalue weighted by atomic mass is 15.2. The Bertz CT molecular complexity index is 2570. The van der Waals surface area contributed by atoms with Crippen LogP contribution in [0.3, 0.4) is 0 Å². The zero-order valence-electron chi connectivity index (χ0n) is 29.2. The lowest BCUT2D eigenvalue weighted by atomic mass is 9.99. The van der Waals surface area contributed by atoms with Gasteiger partial charge in [0.05, 0.1) is 5.69 Å². The summed E-state index contributed by atoms with van der Waals surface area (Å²) in [6, 6.07) is 79.9. The minimum atomic E-state index is 1.07. The molecule has 9 aromatic carbocycles. The molecule has 0 unspecified atom stereocenters. The second kappa shape index (κ2) is 14.3. The third-order valence-corrected chi connectivity index (χ3v) is 9.76. The van der Waals surface area contributed by atoms with Crippen LogP contribution in [0.5, 0.6) is 0 Å². The first-order valence-corrected chi connectivity index (χ1v) is 18.0. The Morgan fingerprint density at radius 1 is 0.208 bits per heavy atom. The van der Waals surface area contributed by atoms with E-state index in [-0.39, 0.29) is 0 Å². The highest BCUT2D eigenvalue weighted by Crippen LogP contribution is 2.44. The SMILES string of the molecule is c1ccc(N(c2ccccc2)c2cccc(N(c3ccccc3)c3ccc(N(c4ccccc4)c4cc5ccccc5c5ccccc45)cc3)c2)cc1. The van der Waals surface area contributed by atoms with Gasteiger partial charge < -0.3 is 14.7 Å². The quantitative estimate of drug-likeness (QED) is 0.141. The van der Waals surface area contributed by atoms with Crippen LogP contribution in [0.4, 0.5) is 51.2 Å². The highest BCUT2D eigenvalue weighted by molar-refractivity contribution is 6.14. The van der Waals surface area contributed by atoms with Gasteiger partial charge in [0.1, 0.15) is 0 Å². The van der Waals surface area contributed by atoms with Crippen molar-refractivity contribution in [3.8, 4) is 0 Å². The molecule has 3 heteroatoms. The Hall–Kier alpha value is -7.10. The number of nitrogens with zero attached hydrogens (tertiary/aromatic N) is 3. The first-order valence-electron chi connectivity index (χ1n) is 18.0. The van der Waals surface area contributed by atoms with E-state index in [9.17, 15) is 0 Å². The predicted octanol–water partition coefficient (Wildman–Crippen LogP) is 14.4. The molecule has 0 aliphatic rings. The third kappa shape index (κ3) is 6.26. The summed E-state index contributed by atoms with van der Waals surface area (Å²) in [6.45, 7) is 0. The monoisotopic (exact) mass is 679 g/mol. The third-order valence-electron chi connectivity index (χ3n) is 9.76. The molecule has 252 valence electrons. The summed E-state index contributed by atoms with van der Waals surface area (Å²) in [6.07, 6.45) is 0. The minimum absolute atomic E-state index is 1.07. The predicted molar refractivity (Wildman–Crippen MR) is 226 cm³/mol. The Morgan fingerprint density at radius 2 is 0.547 bits per heavy atom. The fourth-order valence-electron chi connectivity index (χ4n) is 7.37. The number of para-hydroxylation sites is 4. The minimum Gasteiger partial charge on any atom is -0.310 e. The molecular formula is C50H37N3. The molecule has 0 N–H and O–H groups in total. The van der Waals surface area contributed by atoms with Crippen LogP contribution in [-0.2, 0) is 0 Å². The first-order chi connectivity index (χ1) is 26.3. The molecule has 0 fully saturated rings. The van der Waals surface area contributed by atoms with Crippen LogP contribution >= 0.6 is 0 Å². The maximum atomic E-state index is 2.38. The summed E-state index contributed by atoms with van der Waals surface area (Å²) >= 11 is 0. The van der Waals surface area contributed by atoms with Crippen molar-refractivity contribution in [1.82, 2.24) is 0 Å². The molecule has 0 atom stereocenters. The average Bonchev–Trinajstić information content (AvgIpc) is 3.24. The fraction of sp³-hybridized carbons (Fsp3) is 0. The Morgan fingerprint density at radius 3 is 1.04 bits per heavy atom. The maximum absolute atomic E-state index is 2.38. The van der Waals surface area contributed by atoms with E-state index in [1.165, 1.54) is 21.5 Å². The Kier molecular flexibility index (Phi) is 8.57. The van der Waals surface area contributed by atoms with E-state index in [4.69, 9.17) is 0 Å². The van der Waals surface area contributed by atoms with Crippen LogP contribution in [0.25, 0.3) is 21.5 Å². The zero-order chi connectivity index (χ0) is 35.4. The Balaban J connectivity index is 1.17. The molecule has 0 bridgehead atoms. The van der Waals surface area contributed by atoms with Crippen molar-refractivity contribution in [3.63, 3.8) is 0 Å². The number of hydrogen-bond donors (Lipinski definition) is 0. The summed E-state index contributed by atoms with van der Waals surface area (Å²) < 4.78 is 0. The largest absolute Gasteiger partial charge is 0.310 e. The molecule has 0 heterocycles. The summed E-state index contributed by atoms with van der Waals surface area (Å²) in [7, 11) is 0. The molecular weight excluding hydrogens is 643 g/mol. The molecule has 0 saturated heterocycles. The molecule has 0 saturated carbocycles. The van der Waals surface area contributed by atoms with Gasteiger partial charge in [0, 0.05) is 50.9 Å². The van der Waals surface area contributed by atoms with Gasteiger partial charge in [0.15, 0.2) is 0 Å². The zero-order valence-corrected chi connectivity index (χ0v) is 29.2. The van der Waals surface area contributed by atoms with Crippen LogP contribution < -0.4 is 14.7 Å². The van der Waals surface area contributed by atoms with E-state index in [0.29, 0.717) is 0 Å². The van der Waals surface area contributed by atoms with E-state index in [0.717, 1.165) is 51.2 Å². The van der Waals surface area contributed by atoms with Crippen molar-refractivity contribution >= 4 is 72.7 Å². The smallest absolute Gasteiger partial charge is 0.0546 e. The molecule has 0 radical (unpaired) electrons. The van der Waals surface area contributed by atoms with Crippen LogP contribution in [0, 0.1) is 0 Å². The topological polar surface area (TPSA) is 9.72 Å². The van der Waals surface area contributed by atoms with E-state index in [2.05, 4.69) is 239 Å². The molecule has 0 aromatic heterocycles. The number of rotatable bonds is 9. The molecule has 53 heavy (non-hydrogen) atoms. The number of fused-ring (bicyclic) bond motifs is 3. The second-order valence-electron chi connectivity index (χ2n) is 13.0. The van der Waals surface area contributed by atoms with Gasteiger partial charge in [-0.1, -0.05) is 127 Å². The van der Waals surface area contributed by atoms with Crippen molar-refractivity contribution in [1.29, 1.82) is 0 Å². The van der Waals surface area contributed by atoms with Gasteiger partial charge in [-0.15, -0.1) is 0 Å². The summed E-state index contributed by atoms with van der Waals surface area (Å²) in [4.78, 5) is 7.02. The van der Waals surface area contributed by atoms with Gasteiger partial charge in [-0.2, -0.15) is 0 Å². The first kappa shape index (κ1) is 31.9. The van der Waals surface area contributed by atoms with Gasteiger partial charge in [-0.3, -0.25) is 0 Å². The number of anilines is 9. The van der Waals surface area contributed by atoms with Gasteiger partial charge in [0.25, 0.3) is 0 Å². The van der Waals surface area contributed by atoms with Crippen molar-refractivity contribution < 1.29 is 0 Å². The lowest BCUT2D eigenvalue weighted by Gasteiger charge is -2.30. The number of benzene rings is 9. The molecule has 0 aliphatic carbocycles. The standard InChI is InChI=1S/C50H37N3/c1-5-19-39(20-6-1)51(40-21-7-2-8-22-40)45-27-17-28-46(37-45)52(41-23-9-3-10-24-41)43-32-34-44(35-33-43)53(42-25-11-4-12-26-42)50-36-38-18-13-14-29-47(38)48-30-15-16-31-49(48)50/h1-37H. The molecule has 9 rings (SSSR count). The summed E-state index contributed by atoms with van der Waals surface area (Å²) in [5.41, 5.74) is 9.85.